The van der Waals surface area contributed by atoms with E-state index in [-0.39, 0.29) is 22.4 Å². The molecule has 24 heavy (non-hydrogen) atoms. The van der Waals surface area contributed by atoms with Crippen LogP contribution in [-0.4, -0.2) is 46.0 Å². The highest BCUT2D eigenvalue weighted by Crippen LogP contribution is 2.27. The van der Waals surface area contributed by atoms with Crippen molar-refractivity contribution in [1.82, 2.24) is 9.62 Å². The van der Waals surface area contributed by atoms with Crippen LogP contribution in [0, 0.1) is 0 Å². The molecule has 6 nitrogen and oxygen atoms in total. The molecule has 1 aliphatic carbocycles. The van der Waals surface area contributed by atoms with Gasteiger partial charge in [-0.15, -0.1) is 0 Å². The van der Waals surface area contributed by atoms with Gasteiger partial charge in [0.1, 0.15) is 5.75 Å². The maximum atomic E-state index is 12.9. The van der Waals surface area contributed by atoms with Gasteiger partial charge in [0.2, 0.25) is 10.0 Å². The zero-order chi connectivity index (χ0) is 17.7. The van der Waals surface area contributed by atoms with Crippen molar-refractivity contribution in [2.45, 2.75) is 50.0 Å². The zero-order valence-corrected chi connectivity index (χ0v) is 15.4. The summed E-state index contributed by atoms with van der Waals surface area (Å²) < 4.78 is 32.1. The summed E-state index contributed by atoms with van der Waals surface area (Å²) in [6.07, 6.45) is 5.42. The van der Waals surface area contributed by atoms with E-state index in [4.69, 9.17) is 4.74 Å². The lowest BCUT2D eigenvalue weighted by molar-refractivity contribution is 0.0692. The van der Waals surface area contributed by atoms with E-state index in [0.29, 0.717) is 12.3 Å². The molecule has 7 heteroatoms. The summed E-state index contributed by atoms with van der Waals surface area (Å²) in [5, 5.41) is 0. The van der Waals surface area contributed by atoms with Gasteiger partial charge in [-0.2, -0.15) is 0 Å². The van der Waals surface area contributed by atoms with E-state index in [1.165, 1.54) is 31.7 Å². The van der Waals surface area contributed by atoms with E-state index >= 15 is 0 Å². The Hall–Kier alpha value is -1.60. The zero-order valence-electron chi connectivity index (χ0n) is 14.5. The fourth-order valence-corrected chi connectivity index (χ4v) is 4.19. The second-order valence-electron chi connectivity index (χ2n) is 6.07. The quantitative estimate of drug-likeness (QED) is 0.851. The number of sulfonamides is 1. The second-order valence-corrected chi connectivity index (χ2v) is 7.84. The molecule has 0 saturated heterocycles. The molecule has 0 unspecified atom stereocenters. The molecule has 1 amide bonds. The first-order chi connectivity index (χ1) is 11.4. The lowest BCUT2D eigenvalue weighted by atomic mass is 9.94. The Bertz CT molecular complexity index is 682. The summed E-state index contributed by atoms with van der Waals surface area (Å²) >= 11 is 0. The van der Waals surface area contributed by atoms with Crippen molar-refractivity contribution in [2.24, 2.45) is 0 Å². The maximum absolute atomic E-state index is 12.9. The number of hydrogen-bond donors (Lipinski definition) is 1. The van der Waals surface area contributed by atoms with Gasteiger partial charge in [-0.3, -0.25) is 4.79 Å². The first-order valence-corrected chi connectivity index (χ1v) is 9.84. The third-order valence-corrected chi connectivity index (χ3v) is 6.03. The Balaban J connectivity index is 2.34. The molecule has 0 heterocycles. The van der Waals surface area contributed by atoms with Gasteiger partial charge in [0, 0.05) is 19.6 Å². The number of rotatable bonds is 6. The average Bonchev–Trinajstić information content (AvgIpc) is 2.60. The van der Waals surface area contributed by atoms with Crippen LogP contribution in [0.15, 0.2) is 23.1 Å². The van der Waals surface area contributed by atoms with Crippen LogP contribution < -0.4 is 9.46 Å². The molecule has 1 aromatic carbocycles. The smallest absolute Gasteiger partial charge is 0.257 e. The number of hydrogen-bond acceptors (Lipinski definition) is 4. The summed E-state index contributed by atoms with van der Waals surface area (Å²) in [4.78, 5) is 14.7. The molecule has 1 saturated carbocycles. The molecule has 0 aliphatic heterocycles. The summed E-state index contributed by atoms with van der Waals surface area (Å²) in [5.74, 6) is 0.186. The molecule has 0 aromatic heterocycles. The van der Waals surface area contributed by atoms with Crippen LogP contribution in [0.2, 0.25) is 0 Å². The molecule has 0 radical (unpaired) electrons. The molecule has 134 valence electrons. The van der Waals surface area contributed by atoms with Gasteiger partial charge in [-0.1, -0.05) is 26.2 Å². The SMILES string of the molecule is CCNS(=O)(=O)c1ccc(OC)c(C(=O)N(C)C2CCCCC2)c1. The molecule has 2 rings (SSSR count). The summed E-state index contributed by atoms with van der Waals surface area (Å²) in [6.45, 7) is 2.00. The number of ether oxygens (including phenoxy) is 1. The van der Waals surface area contributed by atoms with Crippen LogP contribution in [0.4, 0.5) is 0 Å². The van der Waals surface area contributed by atoms with Gasteiger partial charge in [-0.05, 0) is 31.0 Å². The molecular weight excluding hydrogens is 328 g/mol. The Morgan fingerprint density at radius 3 is 2.54 bits per heavy atom. The van der Waals surface area contributed by atoms with Crippen LogP contribution in [-0.2, 0) is 10.0 Å². The lowest BCUT2D eigenvalue weighted by Crippen LogP contribution is -2.38. The lowest BCUT2D eigenvalue weighted by Gasteiger charge is -2.31. The van der Waals surface area contributed by atoms with Gasteiger partial charge in [-0.25, -0.2) is 13.1 Å². The highest BCUT2D eigenvalue weighted by molar-refractivity contribution is 7.89. The molecule has 1 N–H and O–H groups in total. The van der Waals surface area contributed by atoms with Crippen LogP contribution in [0.3, 0.4) is 0 Å². The third-order valence-electron chi connectivity index (χ3n) is 4.49. The minimum atomic E-state index is -3.62. The van der Waals surface area contributed by atoms with Crippen molar-refractivity contribution in [1.29, 1.82) is 0 Å². The fourth-order valence-electron chi connectivity index (χ4n) is 3.12. The van der Waals surface area contributed by atoms with E-state index in [1.54, 1.807) is 18.9 Å². The van der Waals surface area contributed by atoms with Crippen LogP contribution in [0.1, 0.15) is 49.4 Å². The van der Waals surface area contributed by atoms with Gasteiger partial charge in [0.25, 0.3) is 5.91 Å². The molecule has 1 aromatic rings. The number of methoxy groups -OCH3 is 1. The number of nitrogens with one attached hydrogen (secondary N) is 1. The van der Waals surface area contributed by atoms with Crippen molar-refractivity contribution < 1.29 is 17.9 Å². The third kappa shape index (κ3) is 4.08. The molecule has 0 atom stereocenters. The number of nitrogens with zero attached hydrogens (tertiary/aromatic N) is 1. The van der Waals surface area contributed by atoms with Gasteiger partial charge >= 0.3 is 0 Å². The number of benzene rings is 1. The van der Waals surface area contributed by atoms with E-state index in [0.717, 1.165) is 25.7 Å². The number of amides is 1. The predicted octanol–water partition coefficient (Wildman–Crippen LogP) is 2.40. The van der Waals surface area contributed by atoms with Crippen molar-refractivity contribution >= 4 is 15.9 Å². The monoisotopic (exact) mass is 354 g/mol. The average molecular weight is 354 g/mol. The van der Waals surface area contributed by atoms with Crippen LogP contribution in [0.25, 0.3) is 0 Å². The first-order valence-electron chi connectivity index (χ1n) is 8.35. The number of carbonyl (C=O) groups is 1. The van der Waals surface area contributed by atoms with E-state index in [9.17, 15) is 13.2 Å². The van der Waals surface area contributed by atoms with E-state index in [1.807, 2.05) is 0 Å². The minimum absolute atomic E-state index is 0.0746. The highest BCUT2D eigenvalue weighted by atomic mass is 32.2. The van der Waals surface area contributed by atoms with Gasteiger partial charge < -0.3 is 9.64 Å². The number of carbonyl (C=O) groups excluding carboxylic acids is 1. The van der Waals surface area contributed by atoms with Crippen LogP contribution >= 0.6 is 0 Å². The van der Waals surface area contributed by atoms with Gasteiger partial charge in [0.05, 0.1) is 17.6 Å². The highest BCUT2D eigenvalue weighted by Gasteiger charge is 2.26. The topological polar surface area (TPSA) is 75.7 Å². The standard InChI is InChI=1S/C17H26N2O4S/c1-4-18-24(21,22)14-10-11-16(23-3)15(12-14)17(20)19(2)13-8-6-5-7-9-13/h10-13,18H,4-9H2,1-3H3. The Kier molecular flexibility index (Phi) is 6.23. The molecule has 1 aliphatic rings. The minimum Gasteiger partial charge on any atom is -0.496 e. The molecule has 0 spiro atoms. The molecule has 0 bridgehead atoms. The summed E-state index contributed by atoms with van der Waals surface area (Å²) in [5.41, 5.74) is 0.282. The molecule has 1 fully saturated rings. The predicted molar refractivity (Wildman–Crippen MR) is 92.8 cm³/mol. The van der Waals surface area contributed by atoms with Crippen molar-refractivity contribution in [3.05, 3.63) is 23.8 Å². The van der Waals surface area contributed by atoms with E-state index < -0.39 is 10.0 Å². The normalized spacial score (nSPS) is 16.0. The van der Waals surface area contributed by atoms with E-state index in [2.05, 4.69) is 4.72 Å². The largest absolute Gasteiger partial charge is 0.496 e. The fraction of sp³-hybridized carbons (Fsp3) is 0.588. The first kappa shape index (κ1) is 18.7. The molecular formula is C17H26N2O4S. The maximum Gasteiger partial charge on any atom is 0.257 e. The van der Waals surface area contributed by atoms with Crippen molar-refractivity contribution in [2.75, 3.05) is 20.7 Å². The second kappa shape index (κ2) is 7.98. The van der Waals surface area contributed by atoms with Crippen LogP contribution in [0.5, 0.6) is 5.75 Å². The summed E-state index contributed by atoms with van der Waals surface area (Å²) in [6, 6.07) is 4.59. The Morgan fingerprint density at radius 1 is 1.29 bits per heavy atom. The van der Waals surface area contributed by atoms with Gasteiger partial charge in [0.15, 0.2) is 0 Å². The van der Waals surface area contributed by atoms with Crippen molar-refractivity contribution in [3.8, 4) is 5.75 Å². The summed E-state index contributed by atoms with van der Waals surface area (Å²) in [7, 11) is -0.360. The Morgan fingerprint density at radius 2 is 1.96 bits per heavy atom. The Labute approximate surface area is 144 Å². The van der Waals surface area contributed by atoms with Crippen molar-refractivity contribution in [3.63, 3.8) is 0 Å².